The normalized spacial score (nSPS) is 10.8. The molecule has 0 aromatic heterocycles. The molecule has 20 heavy (non-hydrogen) atoms. The minimum Gasteiger partial charge on any atom is -0.478 e. The van der Waals surface area contributed by atoms with Crippen molar-refractivity contribution in [2.24, 2.45) is 5.92 Å². The van der Waals surface area contributed by atoms with Crippen LogP contribution in [0.4, 0.5) is 10.1 Å². The lowest BCUT2D eigenvalue weighted by Gasteiger charge is -2.11. The molecule has 0 aliphatic heterocycles. The highest BCUT2D eigenvalue weighted by Gasteiger charge is 2.15. The largest absolute Gasteiger partial charge is 0.478 e. The van der Waals surface area contributed by atoms with Gasteiger partial charge in [0, 0.05) is 13.2 Å². The minimum absolute atomic E-state index is 0.0456. The lowest BCUT2D eigenvalue weighted by molar-refractivity contribution is 0.0695. The molecule has 0 aliphatic carbocycles. The summed E-state index contributed by atoms with van der Waals surface area (Å²) in [4.78, 5) is 10.8. The molecule has 0 aliphatic rings. The second-order valence-corrected chi connectivity index (χ2v) is 5.61. The molecule has 0 radical (unpaired) electrons. The third kappa shape index (κ3) is 5.09. The molecule has 0 bridgehead atoms. The lowest BCUT2D eigenvalue weighted by Crippen LogP contribution is -2.12. The molecule has 0 spiro atoms. The van der Waals surface area contributed by atoms with E-state index in [1.54, 1.807) is 0 Å². The van der Waals surface area contributed by atoms with Crippen molar-refractivity contribution in [3.8, 4) is 0 Å². The predicted octanol–water partition coefficient (Wildman–Crippen LogP) is 3.76. The van der Waals surface area contributed by atoms with Gasteiger partial charge in [-0.25, -0.2) is 9.18 Å². The SMILES string of the molecule is CC(C)CCOCCNc1ccc(C(=O)O)c(Br)c1F. The fourth-order valence-corrected chi connectivity index (χ4v) is 2.05. The first kappa shape index (κ1) is 16.9. The molecule has 1 aromatic carbocycles. The summed E-state index contributed by atoms with van der Waals surface area (Å²) in [6.45, 7) is 5.87. The minimum atomic E-state index is -1.17. The maximum Gasteiger partial charge on any atom is 0.336 e. The van der Waals surface area contributed by atoms with Crippen molar-refractivity contribution in [3.63, 3.8) is 0 Å². The Bertz CT molecular complexity index is 466. The van der Waals surface area contributed by atoms with Crippen LogP contribution in [0.15, 0.2) is 16.6 Å². The number of carboxylic acids is 1. The summed E-state index contributed by atoms with van der Waals surface area (Å²) >= 11 is 2.95. The Labute approximate surface area is 126 Å². The average Bonchev–Trinajstić information content (AvgIpc) is 2.37. The summed E-state index contributed by atoms with van der Waals surface area (Å²) in [6.07, 6.45) is 0.993. The summed E-state index contributed by atoms with van der Waals surface area (Å²) in [7, 11) is 0. The number of benzene rings is 1. The van der Waals surface area contributed by atoms with Crippen LogP contribution in [0, 0.1) is 11.7 Å². The van der Waals surface area contributed by atoms with E-state index in [1.807, 2.05) is 0 Å². The lowest BCUT2D eigenvalue weighted by atomic mass is 10.1. The van der Waals surface area contributed by atoms with Crippen molar-refractivity contribution >= 4 is 27.6 Å². The third-order valence-corrected chi connectivity index (χ3v) is 3.49. The number of aromatic carboxylic acids is 1. The molecule has 0 unspecified atom stereocenters. The number of ether oxygens (including phenoxy) is 1. The van der Waals surface area contributed by atoms with Gasteiger partial charge in [0.2, 0.25) is 0 Å². The Hall–Kier alpha value is -1.14. The first-order valence-electron chi connectivity index (χ1n) is 6.46. The van der Waals surface area contributed by atoms with Gasteiger partial charge in [0.1, 0.15) is 0 Å². The number of rotatable bonds is 8. The van der Waals surface area contributed by atoms with Crippen LogP contribution in [-0.4, -0.2) is 30.8 Å². The van der Waals surface area contributed by atoms with Crippen molar-refractivity contribution in [2.45, 2.75) is 20.3 Å². The molecule has 0 heterocycles. The monoisotopic (exact) mass is 347 g/mol. The Morgan fingerprint density at radius 3 is 2.75 bits per heavy atom. The van der Waals surface area contributed by atoms with Crippen LogP contribution in [0.5, 0.6) is 0 Å². The number of anilines is 1. The van der Waals surface area contributed by atoms with E-state index < -0.39 is 11.8 Å². The molecule has 4 nitrogen and oxygen atoms in total. The van der Waals surface area contributed by atoms with Gasteiger partial charge >= 0.3 is 5.97 Å². The number of nitrogens with one attached hydrogen (secondary N) is 1. The smallest absolute Gasteiger partial charge is 0.336 e. The van der Waals surface area contributed by atoms with Gasteiger partial charge in [-0.15, -0.1) is 0 Å². The Kier molecular flexibility index (Phi) is 6.95. The quantitative estimate of drug-likeness (QED) is 0.703. The summed E-state index contributed by atoms with van der Waals surface area (Å²) in [5.41, 5.74) is 0.163. The van der Waals surface area contributed by atoms with Gasteiger partial charge in [0.05, 0.1) is 22.3 Å². The molecule has 6 heteroatoms. The van der Waals surface area contributed by atoms with Crippen LogP contribution in [0.2, 0.25) is 0 Å². The zero-order chi connectivity index (χ0) is 15.1. The van der Waals surface area contributed by atoms with E-state index in [0.29, 0.717) is 25.7 Å². The molecular formula is C14H19BrFNO3. The van der Waals surface area contributed by atoms with Crippen LogP contribution in [0.1, 0.15) is 30.6 Å². The van der Waals surface area contributed by atoms with E-state index in [9.17, 15) is 9.18 Å². The van der Waals surface area contributed by atoms with Gasteiger partial charge in [-0.3, -0.25) is 0 Å². The highest BCUT2D eigenvalue weighted by molar-refractivity contribution is 9.10. The molecule has 0 saturated heterocycles. The van der Waals surface area contributed by atoms with Crippen molar-refractivity contribution in [2.75, 3.05) is 25.1 Å². The fraction of sp³-hybridized carbons (Fsp3) is 0.500. The average molecular weight is 348 g/mol. The summed E-state index contributed by atoms with van der Waals surface area (Å²) in [6, 6.07) is 2.77. The first-order chi connectivity index (χ1) is 9.43. The number of carbonyl (C=O) groups is 1. The van der Waals surface area contributed by atoms with E-state index in [0.717, 1.165) is 6.42 Å². The third-order valence-electron chi connectivity index (χ3n) is 2.71. The standard InChI is InChI=1S/C14H19BrFNO3/c1-9(2)5-7-20-8-6-17-11-4-3-10(14(18)19)12(15)13(11)16/h3-4,9,17H,5-8H2,1-2H3,(H,18,19). The van der Waals surface area contributed by atoms with Crippen LogP contribution < -0.4 is 5.32 Å². The van der Waals surface area contributed by atoms with Gasteiger partial charge in [-0.2, -0.15) is 0 Å². The zero-order valence-corrected chi connectivity index (χ0v) is 13.2. The van der Waals surface area contributed by atoms with E-state index in [-0.39, 0.29) is 15.7 Å². The number of hydrogen-bond acceptors (Lipinski definition) is 3. The molecular weight excluding hydrogens is 329 g/mol. The van der Waals surface area contributed by atoms with Crippen LogP contribution in [0.25, 0.3) is 0 Å². The maximum atomic E-state index is 13.9. The molecule has 0 amide bonds. The summed E-state index contributed by atoms with van der Waals surface area (Å²) in [5.74, 6) is -1.17. The molecule has 1 rings (SSSR count). The van der Waals surface area contributed by atoms with E-state index in [2.05, 4.69) is 35.1 Å². The number of hydrogen-bond donors (Lipinski definition) is 2. The maximum absolute atomic E-state index is 13.9. The second-order valence-electron chi connectivity index (χ2n) is 4.82. The Morgan fingerprint density at radius 2 is 2.15 bits per heavy atom. The highest BCUT2D eigenvalue weighted by Crippen LogP contribution is 2.26. The Balaban J connectivity index is 2.45. The summed E-state index contributed by atoms with van der Waals surface area (Å²) in [5, 5.41) is 11.7. The highest BCUT2D eigenvalue weighted by atomic mass is 79.9. The molecule has 0 saturated carbocycles. The molecule has 2 N–H and O–H groups in total. The Morgan fingerprint density at radius 1 is 1.45 bits per heavy atom. The fourth-order valence-electron chi connectivity index (χ4n) is 1.53. The topological polar surface area (TPSA) is 58.6 Å². The van der Waals surface area contributed by atoms with Crippen LogP contribution >= 0.6 is 15.9 Å². The van der Waals surface area contributed by atoms with Crippen LogP contribution in [0.3, 0.4) is 0 Å². The zero-order valence-electron chi connectivity index (χ0n) is 11.6. The van der Waals surface area contributed by atoms with Gasteiger partial charge in [-0.05, 0) is 40.4 Å². The summed E-state index contributed by atoms with van der Waals surface area (Å²) < 4.78 is 19.3. The van der Waals surface area contributed by atoms with E-state index >= 15 is 0 Å². The molecule has 0 fully saturated rings. The van der Waals surface area contributed by atoms with Crippen molar-refractivity contribution in [1.82, 2.24) is 0 Å². The van der Waals surface area contributed by atoms with E-state index in [1.165, 1.54) is 12.1 Å². The molecule has 1 aromatic rings. The molecule has 0 atom stereocenters. The predicted molar refractivity (Wildman–Crippen MR) is 79.8 cm³/mol. The molecule has 112 valence electrons. The van der Waals surface area contributed by atoms with Crippen molar-refractivity contribution < 1.29 is 19.0 Å². The van der Waals surface area contributed by atoms with Gasteiger partial charge < -0.3 is 15.2 Å². The van der Waals surface area contributed by atoms with Crippen molar-refractivity contribution in [3.05, 3.63) is 28.0 Å². The number of halogens is 2. The van der Waals surface area contributed by atoms with Gasteiger partial charge in [0.15, 0.2) is 5.82 Å². The second kappa shape index (κ2) is 8.21. The number of carboxylic acid groups (broad SMARTS) is 1. The van der Waals surface area contributed by atoms with Gasteiger partial charge in [-0.1, -0.05) is 13.8 Å². The van der Waals surface area contributed by atoms with Crippen LogP contribution in [-0.2, 0) is 4.74 Å². The van der Waals surface area contributed by atoms with E-state index in [4.69, 9.17) is 9.84 Å². The first-order valence-corrected chi connectivity index (χ1v) is 7.25. The van der Waals surface area contributed by atoms with Crippen molar-refractivity contribution in [1.29, 1.82) is 0 Å². The van der Waals surface area contributed by atoms with Gasteiger partial charge in [0.25, 0.3) is 0 Å².